The number of nitrogens with two attached hydrogens (primary N) is 1. The summed E-state index contributed by atoms with van der Waals surface area (Å²) in [6, 6.07) is 0. The summed E-state index contributed by atoms with van der Waals surface area (Å²) in [6.45, 7) is 1.96. The Morgan fingerprint density at radius 3 is 3.11 bits per heavy atom. The molecule has 0 fully saturated rings. The van der Waals surface area contributed by atoms with Crippen molar-refractivity contribution in [2.24, 2.45) is 5.73 Å². The Morgan fingerprint density at radius 2 is 2.44 bits per heavy atom. The summed E-state index contributed by atoms with van der Waals surface area (Å²) >= 11 is 1.28. The summed E-state index contributed by atoms with van der Waals surface area (Å²) in [7, 11) is 0. The molecule has 0 spiro atoms. The Kier molecular flexibility index (Phi) is 3.72. The van der Waals surface area contributed by atoms with Crippen molar-refractivity contribution in [3.8, 4) is 11.8 Å². The molecule has 2 rings (SSSR count). The van der Waals surface area contributed by atoms with Crippen LogP contribution in [0.15, 0.2) is 16.9 Å². The number of nitrogens with one attached hydrogen (secondary N) is 1. The minimum Gasteiger partial charge on any atom is -0.361 e. The van der Waals surface area contributed by atoms with E-state index < -0.39 is 0 Å². The Balaban J connectivity index is 2.08. The molecule has 0 unspecified atom stereocenters. The van der Waals surface area contributed by atoms with Gasteiger partial charge in [0, 0.05) is 0 Å². The highest BCUT2D eigenvalue weighted by atomic mass is 32.1. The zero-order valence-corrected chi connectivity index (χ0v) is 10.4. The lowest BCUT2D eigenvalue weighted by Gasteiger charge is -1.97. The minimum atomic E-state index is -0.304. The monoisotopic (exact) mass is 262 g/mol. The van der Waals surface area contributed by atoms with Gasteiger partial charge in [0.15, 0.2) is 5.13 Å². The van der Waals surface area contributed by atoms with Gasteiger partial charge >= 0.3 is 0 Å². The maximum atomic E-state index is 11.8. The third-order valence-corrected chi connectivity index (χ3v) is 2.86. The number of hydrogen-bond donors (Lipinski definition) is 2. The van der Waals surface area contributed by atoms with E-state index in [0.29, 0.717) is 23.0 Å². The van der Waals surface area contributed by atoms with E-state index in [9.17, 15) is 4.79 Å². The Morgan fingerprint density at radius 1 is 1.61 bits per heavy atom. The smallest absolute Gasteiger partial charge is 0.262 e. The van der Waals surface area contributed by atoms with Crippen LogP contribution in [-0.2, 0) is 0 Å². The molecule has 0 saturated carbocycles. The summed E-state index contributed by atoms with van der Waals surface area (Å²) in [5, 5.41) is 6.67. The number of hydrogen-bond acceptors (Lipinski definition) is 6. The van der Waals surface area contributed by atoms with Gasteiger partial charge < -0.3 is 10.3 Å². The van der Waals surface area contributed by atoms with Gasteiger partial charge in [0.2, 0.25) is 0 Å². The molecule has 0 atom stereocenters. The topological polar surface area (TPSA) is 94.0 Å². The lowest BCUT2D eigenvalue weighted by Crippen LogP contribution is -2.11. The quantitative estimate of drug-likeness (QED) is 0.787. The summed E-state index contributed by atoms with van der Waals surface area (Å²) in [5.41, 5.74) is 5.66. The molecule has 92 valence electrons. The normalized spacial score (nSPS) is 9.67. The number of amides is 1. The molecule has 7 heteroatoms. The van der Waals surface area contributed by atoms with Crippen LogP contribution in [0.4, 0.5) is 5.13 Å². The molecule has 18 heavy (non-hydrogen) atoms. The fraction of sp³-hybridized carbons (Fsp3) is 0.182. The van der Waals surface area contributed by atoms with Gasteiger partial charge in [-0.1, -0.05) is 28.3 Å². The number of rotatable bonds is 2. The van der Waals surface area contributed by atoms with Gasteiger partial charge in [0.1, 0.15) is 11.3 Å². The number of carbonyl (C=O) groups is 1. The molecule has 2 aromatic rings. The first kappa shape index (κ1) is 12.3. The van der Waals surface area contributed by atoms with Crippen LogP contribution in [0, 0.1) is 18.8 Å². The molecule has 0 aliphatic carbocycles. The SMILES string of the molecule is Cc1oncc1C(=O)Nc1ncc(C#CCN)s1. The highest BCUT2D eigenvalue weighted by molar-refractivity contribution is 7.16. The van der Waals surface area contributed by atoms with Crippen molar-refractivity contribution in [3.05, 3.63) is 28.6 Å². The first-order valence-corrected chi connectivity index (χ1v) is 5.89. The van der Waals surface area contributed by atoms with Crippen LogP contribution in [0.3, 0.4) is 0 Å². The Hall–Kier alpha value is -2.17. The third kappa shape index (κ3) is 2.74. The molecule has 0 aromatic carbocycles. The molecule has 6 nitrogen and oxygen atoms in total. The van der Waals surface area contributed by atoms with Gasteiger partial charge in [0.25, 0.3) is 5.91 Å². The molecule has 1 amide bonds. The van der Waals surface area contributed by atoms with E-state index in [4.69, 9.17) is 10.3 Å². The first-order valence-electron chi connectivity index (χ1n) is 5.08. The second kappa shape index (κ2) is 5.44. The van der Waals surface area contributed by atoms with Gasteiger partial charge in [-0.25, -0.2) is 4.98 Å². The van der Waals surface area contributed by atoms with Gasteiger partial charge in [-0.2, -0.15) is 0 Å². The molecule has 2 heterocycles. The number of nitrogens with zero attached hydrogens (tertiary/aromatic N) is 2. The molecular formula is C11H10N4O2S. The molecule has 0 bridgehead atoms. The van der Waals surface area contributed by atoms with Crippen molar-refractivity contribution in [1.29, 1.82) is 0 Å². The van der Waals surface area contributed by atoms with Crippen LogP contribution in [0.5, 0.6) is 0 Å². The van der Waals surface area contributed by atoms with Crippen LogP contribution in [0.2, 0.25) is 0 Å². The fourth-order valence-corrected chi connectivity index (χ4v) is 1.90. The highest BCUT2D eigenvalue weighted by Crippen LogP contribution is 2.18. The summed E-state index contributed by atoms with van der Waals surface area (Å²) in [6.07, 6.45) is 2.96. The zero-order chi connectivity index (χ0) is 13.0. The average molecular weight is 262 g/mol. The third-order valence-electron chi connectivity index (χ3n) is 2.04. The molecule has 0 radical (unpaired) electrons. The van der Waals surface area contributed by atoms with Gasteiger partial charge in [0.05, 0.1) is 23.8 Å². The lowest BCUT2D eigenvalue weighted by atomic mass is 10.3. The van der Waals surface area contributed by atoms with Crippen molar-refractivity contribution in [2.45, 2.75) is 6.92 Å². The van der Waals surface area contributed by atoms with E-state index >= 15 is 0 Å². The fourth-order valence-electron chi connectivity index (χ4n) is 1.21. The van der Waals surface area contributed by atoms with Crippen molar-refractivity contribution >= 4 is 22.4 Å². The van der Waals surface area contributed by atoms with Gasteiger partial charge in [-0.3, -0.25) is 10.1 Å². The Labute approximate surface area is 107 Å². The standard InChI is InChI=1S/C11H10N4O2S/c1-7-9(6-14-17-7)10(16)15-11-13-5-8(18-11)3-2-4-12/h5-6H,4,12H2,1H3,(H,13,15,16). The van der Waals surface area contributed by atoms with Crippen LogP contribution < -0.4 is 11.1 Å². The molecule has 0 saturated heterocycles. The lowest BCUT2D eigenvalue weighted by molar-refractivity contribution is 0.102. The van der Waals surface area contributed by atoms with Crippen molar-refractivity contribution < 1.29 is 9.32 Å². The largest absolute Gasteiger partial charge is 0.361 e. The second-order valence-electron chi connectivity index (χ2n) is 3.29. The average Bonchev–Trinajstić information content (AvgIpc) is 2.95. The van der Waals surface area contributed by atoms with E-state index in [2.05, 4.69) is 27.3 Å². The maximum absolute atomic E-state index is 11.8. The van der Waals surface area contributed by atoms with E-state index in [-0.39, 0.29) is 5.91 Å². The molecule has 0 aliphatic rings. The molecule has 2 aromatic heterocycles. The van der Waals surface area contributed by atoms with Crippen LogP contribution in [0.1, 0.15) is 21.0 Å². The van der Waals surface area contributed by atoms with Crippen LogP contribution in [0.25, 0.3) is 0 Å². The van der Waals surface area contributed by atoms with E-state index in [1.165, 1.54) is 17.5 Å². The van der Waals surface area contributed by atoms with Gasteiger partial charge in [-0.05, 0) is 6.92 Å². The summed E-state index contributed by atoms with van der Waals surface area (Å²) < 4.78 is 4.82. The zero-order valence-electron chi connectivity index (χ0n) is 9.56. The number of anilines is 1. The first-order chi connectivity index (χ1) is 8.70. The van der Waals surface area contributed by atoms with Gasteiger partial charge in [-0.15, -0.1) is 0 Å². The number of thiazole rings is 1. The van der Waals surface area contributed by atoms with Crippen molar-refractivity contribution in [2.75, 3.05) is 11.9 Å². The van der Waals surface area contributed by atoms with E-state index in [0.717, 1.165) is 4.88 Å². The molecular weight excluding hydrogens is 252 g/mol. The maximum Gasteiger partial charge on any atom is 0.262 e. The van der Waals surface area contributed by atoms with Crippen molar-refractivity contribution in [3.63, 3.8) is 0 Å². The van der Waals surface area contributed by atoms with Crippen LogP contribution >= 0.6 is 11.3 Å². The predicted molar refractivity (Wildman–Crippen MR) is 67.2 cm³/mol. The van der Waals surface area contributed by atoms with Crippen LogP contribution in [-0.4, -0.2) is 22.6 Å². The minimum absolute atomic E-state index is 0.291. The van der Waals surface area contributed by atoms with Crippen molar-refractivity contribution in [1.82, 2.24) is 10.1 Å². The number of aromatic nitrogens is 2. The summed E-state index contributed by atoms with van der Waals surface area (Å²) in [5.74, 6) is 5.72. The predicted octanol–water partition coefficient (Wildman–Crippen LogP) is 1.00. The van der Waals surface area contributed by atoms with E-state index in [1.807, 2.05) is 0 Å². The Bertz CT molecular complexity index is 620. The molecule has 0 aliphatic heterocycles. The molecule has 3 N–H and O–H groups in total. The highest BCUT2D eigenvalue weighted by Gasteiger charge is 2.14. The number of carbonyl (C=O) groups excluding carboxylic acids is 1. The second-order valence-corrected chi connectivity index (χ2v) is 4.32. The summed E-state index contributed by atoms with van der Waals surface area (Å²) in [4.78, 5) is 16.6. The number of aryl methyl sites for hydroxylation is 1. The van der Waals surface area contributed by atoms with E-state index in [1.54, 1.807) is 13.1 Å².